The number of esters is 3. The predicted octanol–water partition coefficient (Wildman–Crippen LogP) is 5.49. The van der Waals surface area contributed by atoms with Crippen LogP contribution in [0.25, 0.3) is 0 Å². The molecule has 0 amide bonds. The largest absolute Gasteiger partial charge is 0.469 e. The van der Waals surface area contributed by atoms with E-state index in [1.807, 2.05) is 0 Å². The summed E-state index contributed by atoms with van der Waals surface area (Å²) in [6.07, 6.45) is -14.5. The summed E-state index contributed by atoms with van der Waals surface area (Å²) in [5.41, 5.74) is -3.06. The van der Waals surface area contributed by atoms with Crippen molar-refractivity contribution in [3.63, 3.8) is 0 Å². The van der Waals surface area contributed by atoms with Crippen molar-refractivity contribution in [1.82, 2.24) is 0 Å². The average Bonchev–Trinajstić information content (AvgIpc) is 2.88. The van der Waals surface area contributed by atoms with Gasteiger partial charge in [0.2, 0.25) is 0 Å². The number of carbonyl (C=O) groups is 3. The molecule has 0 aromatic rings. The van der Waals surface area contributed by atoms with Crippen LogP contribution in [0.3, 0.4) is 0 Å². The van der Waals surface area contributed by atoms with E-state index in [2.05, 4.69) is 18.5 Å². The molecule has 0 unspecified atom stereocenters. The van der Waals surface area contributed by atoms with Crippen LogP contribution in [0.15, 0.2) is 0 Å². The molecule has 0 aromatic heterocycles. The van der Waals surface area contributed by atoms with Crippen LogP contribution in [0, 0.1) is 5.41 Å². The maximum atomic E-state index is 13.6. The standard InChI is InChI=1S/C18H16F16O8S/c1-39-11(37)12(6-43-42-38,2-7(35)40-4-13(23,24)17(31,32)15(27,28)9(19)20)3-8(36)41-5-14(25,26)18(33,34)16(29,30)10(21)22/h9-10,38H,2-6H2,1H3. The number of carbonyl (C=O) groups excluding carboxylic acids is 3. The summed E-state index contributed by atoms with van der Waals surface area (Å²) in [6.45, 7) is -6.18. The van der Waals surface area contributed by atoms with Gasteiger partial charge in [0.05, 0.1) is 20.0 Å². The molecule has 0 saturated heterocycles. The molecule has 0 spiro atoms. The van der Waals surface area contributed by atoms with Gasteiger partial charge >= 0.3 is 66.3 Å². The summed E-state index contributed by atoms with van der Waals surface area (Å²) in [7, 11) is 0.445. The van der Waals surface area contributed by atoms with E-state index in [9.17, 15) is 84.6 Å². The maximum Gasteiger partial charge on any atom is 0.381 e. The zero-order valence-electron chi connectivity index (χ0n) is 20.5. The van der Waals surface area contributed by atoms with E-state index in [-0.39, 0.29) is 12.0 Å². The molecule has 0 heterocycles. The van der Waals surface area contributed by atoms with Crippen molar-refractivity contribution in [2.24, 2.45) is 5.41 Å². The summed E-state index contributed by atoms with van der Waals surface area (Å²) >= 11 is -0.351. The van der Waals surface area contributed by atoms with Gasteiger partial charge in [0, 0.05) is 17.8 Å². The van der Waals surface area contributed by atoms with Gasteiger partial charge in [-0.2, -0.15) is 57.0 Å². The Labute approximate surface area is 232 Å². The van der Waals surface area contributed by atoms with Gasteiger partial charge in [-0.05, 0) is 0 Å². The van der Waals surface area contributed by atoms with E-state index < -0.39 is 104 Å². The van der Waals surface area contributed by atoms with E-state index in [1.54, 1.807) is 0 Å². The highest BCUT2D eigenvalue weighted by molar-refractivity contribution is 7.94. The van der Waals surface area contributed by atoms with Crippen molar-refractivity contribution < 1.29 is 108 Å². The number of alkyl halides is 16. The van der Waals surface area contributed by atoms with Crippen LogP contribution in [0.5, 0.6) is 0 Å². The highest BCUT2D eigenvalue weighted by Gasteiger charge is 2.76. The second-order valence-corrected chi connectivity index (χ2v) is 8.86. The fraction of sp³-hybridized carbons (Fsp3) is 0.833. The third kappa shape index (κ3) is 8.60. The minimum Gasteiger partial charge on any atom is -0.469 e. The summed E-state index contributed by atoms with van der Waals surface area (Å²) in [5, 5.41) is 8.44. The summed E-state index contributed by atoms with van der Waals surface area (Å²) in [5.74, 6) is -47.5. The Balaban J connectivity index is 6.02. The van der Waals surface area contributed by atoms with E-state index in [4.69, 9.17) is 5.26 Å². The third-order valence-corrected chi connectivity index (χ3v) is 5.88. The smallest absolute Gasteiger partial charge is 0.381 e. The van der Waals surface area contributed by atoms with E-state index in [1.165, 1.54) is 0 Å². The molecular weight excluding hydrogens is 680 g/mol. The molecule has 1 N–H and O–H groups in total. The van der Waals surface area contributed by atoms with Gasteiger partial charge in [0.1, 0.15) is 5.41 Å². The monoisotopic (exact) mass is 696 g/mol. The second kappa shape index (κ2) is 14.1. The first-order valence-corrected chi connectivity index (χ1v) is 11.2. The predicted molar refractivity (Wildman–Crippen MR) is 103 cm³/mol. The van der Waals surface area contributed by atoms with Crippen molar-refractivity contribution in [3.8, 4) is 0 Å². The molecule has 25 heteroatoms. The first-order valence-electron chi connectivity index (χ1n) is 10.3. The van der Waals surface area contributed by atoms with Crippen molar-refractivity contribution in [3.05, 3.63) is 0 Å². The molecule has 0 bridgehead atoms. The van der Waals surface area contributed by atoms with Crippen molar-refractivity contribution in [2.45, 2.75) is 61.2 Å². The molecule has 254 valence electrons. The minimum absolute atomic E-state index is 0.351. The molecule has 0 rings (SSSR count). The SMILES string of the molecule is COC(=O)C(CSOO)(CC(=O)OCC(F)(F)C(F)(F)C(F)(F)C(F)F)CC(=O)OCC(F)(F)C(F)(F)C(F)(F)C(F)F. The molecule has 0 fully saturated rings. The lowest BCUT2D eigenvalue weighted by molar-refractivity contribution is -0.344. The molecule has 0 radical (unpaired) electrons. The van der Waals surface area contributed by atoms with Gasteiger partial charge in [-0.3, -0.25) is 14.4 Å². The Morgan fingerprint density at radius 2 is 1.00 bits per heavy atom. The number of hydrogen-bond acceptors (Lipinski definition) is 9. The van der Waals surface area contributed by atoms with Crippen LogP contribution in [-0.2, 0) is 32.9 Å². The Hall–Kier alpha value is -2.44. The average molecular weight is 696 g/mol. The quantitative estimate of drug-likeness (QED) is 0.0497. The highest BCUT2D eigenvalue weighted by Crippen LogP contribution is 2.50. The summed E-state index contributed by atoms with van der Waals surface area (Å²) in [4.78, 5) is 36.3. The Morgan fingerprint density at radius 1 is 0.674 bits per heavy atom. The van der Waals surface area contributed by atoms with Crippen molar-refractivity contribution in [1.29, 1.82) is 0 Å². The van der Waals surface area contributed by atoms with Crippen LogP contribution in [-0.4, -0.2) is 97.6 Å². The number of ether oxygens (including phenoxy) is 3. The van der Waals surface area contributed by atoms with E-state index >= 15 is 0 Å². The lowest BCUT2D eigenvalue weighted by atomic mass is 9.83. The number of halogens is 16. The zero-order chi connectivity index (χ0) is 34.5. The third-order valence-electron chi connectivity index (χ3n) is 5.10. The lowest BCUT2D eigenvalue weighted by Gasteiger charge is -2.33. The van der Waals surface area contributed by atoms with Crippen molar-refractivity contribution >= 4 is 30.0 Å². The number of methoxy groups -OCH3 is 1. The highest BCUT2D eigenvalue weighted by atomic mass is 32.2. The molecule has 0 saturated carbocycles. The molecule has 0 aliphatic heterocycles. The maximum absolute atomic E-state index is 13.6. The molecule has 43 heavy (non-hydrogen) atoms. The normalized spacial score (nSPS) is 14.2. The number of hydrogen-bond donors (Lipinski definition) is 1. The Kier molecular flexibility index (Phi) is 13.3. The van der Waals surface area contributed by atoms with Crippen LogP contribution in [0.1, 0.15) is 12.8 Å². The van der Waals surface area contributed by atoms with Gasteiger partial charge in [0.25, 0.3) is 0 Å². The second-order valence-electron chi connectivity index (χ2n) is 8.19. The topological polar surface area (TPSA) is 108 Å². The first kappa shape index (κ1) is 40.6. The van der Waals surface area contributed by atoms with Gasteiger partial charge in [0.15, 0.2) is 13.2 Å². The van der Waals surface area contributed by atoms with Gasteiger partial charge in [-0.15, -0.1) is 0 Å². The van der Waals surface area contributed by atoms with Crippen LogP contribution < -0.4 is 0 Å². The summed E-state index contributed by atoms with van der Waals surface area (Å²) in [6, 6.07) is 0. The minimum atomic E-state index is -6.87. The molecule has 0 aliphatic rings. The van der Waals surface area contributed by atoms with Crippen LogP contribution >= 0.6 is 12.0 Å². The van der Waals surface area contributed by atoms with E-state index in [0.29, 0.717) is 7.11 Å². The summed E-state index contributed by atoms with van der Waals surface area (Å²) < 4.78 is 223. The molecule has 8 nitrogen and oxygen atoms in total. The lowest BCUT2D eigenvalue weighted by Crippen LogP contribution is -2.59. The molecule has 0 aromatic carbocycles. The molecular formula is C18H16F16O8S. The number of rotatable bonds is 18. The fourth-order valence-electron chi connectivity index (χ4n) is 2.66. The van der Waals surface area contributed by atoms with Gasteiger partial charge < -0.3 is 14.2 Å². The van der Waals surface area contributed by atoms with Crippen molar-refractivity contribution in [2.75, 3.05) is 26.1 Å². The Bertz CT molecular complexity index is 916. The molecule has 0 aliphatic carbocycles. The van der Waals surface area contributed by atoms with E-state index in [0.717, 1.165) is 0 Å². The van der Waals surface area contributed by atoms with Crippen LogP contribution in [0.2, 0.25) is 0 Å². The fourth-order valence-corrected chi connectivity index (χ4v) is 3.26. The first-order chi connectivity index (χ1) is 19.1. The van der Waals surface area contributed by atoms with Gasteiger partial charge in [-0.1, -0.05) is 0 Å². The molecule has 0 atom stereocenters. The Morgan fingerprint density at radius 3 is 1.26 bits per heavy atom. The van der Waals surface area contributed by atoms with Gasteiger partial charge in [-0.25, -0.2) is 22.8 Å². The van der Waals surface area contributed by atoms with Crippen LogP contribution in [0.4, 0.5) is 70.2 Å². The zero-order valence-corrected chi connectivity index (χ0v) is 21.3.